The molecule has 0 atom stereocenters. The first kappa shape index (κ1) is 12.5. The second kappa shape index (κ2) is 5.50. The maximum Gasteiger partial charge on any atom is 0.306 e. The predicted molar refractivity (Wildman–Crippen MR) is 61.1 cm³/mol. The van der Waals surface area contributed by atoms with Crippen molar-refractivity contribution in [2.45, 2.75) is 6.92 Å². The molecule has 0 spiro atoms. The van der Waals surface area contributed by atoms with Gasteiger partial charge in [-0.05, 0) is 24.6 Å². The zero-order chi connectivity index (χ0) is 12.0. The van der Waals surface area contributed by atoms with Crippen LogP contribution in [0.15, 0.2) is 29.4 Å². The minimum Gasteiger partial charge on any atom is -0.396 e. The van der Waals surface area contributed by atoms with Crippen molar-refractivity contribution in [3.05, 3.63) is 29.8 Å². The van der Waals surface area contributed by atoms with Crippen molar-refractivity contribution in [3.63, 3.8) is 0 Å². The molecule has 88 valence electrons. The van der Waals surface area contributed by atoms with Crippen LogP contribution in [0.2, 0.25) is 0 Å². The van der Waals surface area contributed by atoms with E-state index in [0.717, 1.165) is 6.26 Å². The smallest absolute Gasteiger partial charge is 0.306 e. The molecule has 0 N–H and O–H groups in total. The summed E-state index contributed by atoms with van der Waals surface area (Å²) in [6, 6.07) is 6.55. The Balaban J connectivity index is 2.79. The predicted octanol–water partition coefficient (Wildman–Crippen LogP) is 1.40. The minimum absolute atomic E-state index is 0.253. The highest BCUT2D eigenvalue weighted by atomic mass is 32.2. The van der Waals surface area contributed by atoms with Crippen LogP contribution >= 0.6 is 0 Å². The number of hydrogen-bond donors (Lipinski definition) is 0. The molecule has 0 fully saturated rings. The first-order chi connectivity index (χ1) is 7.51. The van der Waals surface area contributed by atoms with Crippen molar-refractivity contribution in [1.29, 1.82) is 0 Å². The Morgan fingerprint density at radius 2 is 2.19 bits per heavy atom. The highest BCUT2D eigenvalue weighted by molar-refractivity contribution is 7.86. The summed E-state index contributed by atoms with van der Waals surface area (Å²) in [6.45, 7) is 2.30. The third kappa shape index (κ3) is 4.79. The van der Waals surface area contributed by atoms with Gasteiger partial charge in [0, 0.05) is 0 Å². The molecule has 0 aromatic heterocycles. The third-order valence-electron chi connectivity index (χ3n) is 1.51. The van der Waals surface area contributed by atoms with E-state index < -0.39 is 10.1 Å². The summed E-state index contributed by atoms with van der Waals surface area (Å²) >= 11 is 0. The molecule has 1 aromatic carbocycles. The van der Waals surface area contributed by atoms with E-state index in [0.29, 0.717) is 12.2 Å². The van der Waals surface area contributed by atoms with Gasteiger partial charge in [-0.2, -0.15) is 8.42 Å². The number of nitrogens with zero attached hydrogens (tertiary/aromatic N) is 1. The first-order valence-corrected chi connectivity index (χ1v) is 6.48. The third-order valence-corrected chi connectivity index (χ3v) is 2.01. The number of rotatable bonds is 5. The van der Waals surface area contributed by atoms with E-state index in [4.69, 9.17) is 9.02 Å². The molecule has 0 aliphatic carbocycles. The van der Waals surface area contributed by atoms with Gasteiger partial charge in [0.05, 0.1) is 12.5 Å². The fourth-order valence-electron chi connectivity index (χ4n) is 0.994. The maximum atomic E-state index is 10.9. The molecule has 0 unspecified atom stereocenters. The molecule has 0 saturated carbocycles. The van der Waals surface area contributed by atoms with Gasteiger partial charge in [0.25, 0.3) is 0 Å². The lowest BCUT2D eigenvalue weighted by molar-refractivity contribution is 0.160. The lowest BCUT2D eigenvalue weighted by atomic mass is 10.2. The van der Waals surface area contributed by atoms with Gasteiger partial charge in [0.15, 0.2) is 0 Å². The lowest BCUT2D eigenvalue weighted by Gasteiger charge is -2.02. The lowest BCUT2D eigenvalue weighted by Crippen LogP contribution is -2.05. The van der Waals surface area contributed by atoms with Gasteiger partial charge in [-0.15, -0.1) is 0 Å². The van der Waals surface area contributed by atoms with Crippen LogP contribution in [-0.2, 0) is 15.0 Å². The highest BCUT2D eigenvalue weighted by Crippen LogP contribution is 2.13. The van der Waals surface area contributed by atoms with Crippen LogP contribution in [0, 0.1) is 0 Å². The summed E-state index contributed by atoms with van der Waals surface area (Å²) in [4.78, 5) is 4.79. The molecule has 0 heterocycles. The Morgan fingerprint density at radius 3 is 2.81 bits per heavy atom. The minimum atomic E-state index is -3.49. The topological polar surface area (TPSA) is 65.0 Å². The zero-order valence-corrected chi connectivity index (χ0v) is 9.90. The van der Waals surface area contributed by atoms with Crippen LogP contribution in [0.25, 0.3) is 0 Å². The average Bonchev–Trinajstić information content (AvgIpc) is 2.16. The number of hydrogen-bond acceptors (Lipinski definition) is 5. The van der Waals surface area contributed by atoms with Crippen molar-refractivity contribution < 1.29 is 17.4 Å². The van der Waals surface area contributed by atoms with Crippen molar-refractivity contribution in [2.24, 2.45) is 5.16 Å². The Hall–Kier alpha value is -1.56. The van der Waals surface area contributed by atoms with Crippen LogP contribution in [0.1, 0.15) is 12.5 Å². The number of oxime groups is 1. The second-order valence-electron chi connectivity index (χ2n) is 3.01. The molecule has 0 aliphatic rings. The largest absolute Gasteiger partial charge is 0.396 e. The Morgan fingerprint density at radius 1 is 1.44 bits per heavy atom. The molecule has 0 saturated heterocycles. The quantitative estimate of drug-likeness (QED) is 0.445. The fraction of sp³-hybridized carbons (Fsp3) is 0.300. The molecular weight excluding hydrogens is 230 g/mol. The van der Waals surface area contributed by atoms with Crippen molar-refractivity contribution in [2.75, 3.05) is 12.9 Å². The monoisotopic (exact) mass is 243 g/mol. The van der Waals surface area contributed by atoms with E-state index >= 15 is 0 Å². The van der Waals surface area contributed by atoms with E-state index in [-0.39, 0.29) is 5.75 Å². The zero-order valence-electron chi connectivity index (χ0n) is 9.08. The molecule has 16 heavy (non-hydrogen) atoms. The SMILES string of the molecule is CCO/N=C/c1cccc(OS(C)(=O)=O)c1. The normalized spacial score (nSPS) is 11.6. The summed E-state index contributed by atoms with van der Waals surface area (Å²) in [5, 5.41) is 3.67. The summed E-state index contributed by atoms with van der Waals surface area (Å²) in [5.41, 5.74) is 0.703. The molecule has 5 nitrogen and oxygen atoms in total. The van der Waals surface area contributed by atoms with E-state index in [2.05, 4.69) is 5.16 Å². The fourth-order valence-corrected chi connectivity index (χ4v) is 1.45. The summed E-state index contributed by atoms with van der Waals surface area (Å²) in [6.07, 6.45) is 2.48. The Kier molecular flexibility index (Phi) is 4.30. The van der Waals surface area contributed by atoms with Gasteiger partial charge in [-0.1, -0.05) is 17.3 Å². The Labute approximate surface area is 94.8 Å². The highest BCUT2D eigenvalue weighted by Gasteiger charge is 2.03. The summed E-state index contributed by atoms with van der Waals surface area (Å²) < 4.78 is 26.5. The summed E-state index contributed by atoms with van der Waals surface area (Å²) in [5.74, 6) is 0.253. The van der Waals surface area contributed by atoms with E-state index in [1.165, 1.54) is 6.21 Å². The van der Waals surface area contributed by atoms with E-state index in [1.54, 1.807) is 24.3 Å². The van der Waals surface area contributed by atoms with Gasteiger partial charge in [0.2, 0.25) is 0 Å². The van der Waals surface area contributed by atoms with Crippen LogP contribution < -0.4 is 4.18 Å². The van der Waals surface area contributed by atoms with Crippen molar-refractivity contribution >= 4 is 16.3 Å². The molecule has 0 radical (unpaired) electrons. The molecule has 0 bridgehead atoms. The van der Waals surface area contributed by atoms with Crippen LogP contribution in [-0.4, -0.2) is 27.5 Å². The number of benzene rings is 1. The van der Waals surface area contributed by atoms with Gasteiger partial charge in [0.1, 0.15) is 12.4 Å². The van der Waals surface area contributed by atoms with Gasteiger partial charge in [-0.3, -0.25) is 0 Å². The van der Waals surface area contributed by atoms with Crippen LogP contribution in [0.4, 0.5) is 0 Å². The molecular formula is C10H13NO4S. The summed E-state index contributed by atoms with van der Waals surface area (Å²) in [7, 11) is -3.49. The van der Waals surface area contributed by atoms with Crippen molar-refractivity contribution in [1.82, 2.24) is 0 Å². The van der Waals surface area contributed by atoms with Gasteiger partial charge < -0.3 is 9.02 Å². The second-order valence-corrected chi connectivity index (χ2v) is 4.59. The molecule has 0 aliphatic heterocycles. The van der Waals surface area contributed by atoms with Gasteiger partial charge in [-0.25, -0.2) is 0 Å². The van der Waals surface area contributed by atoms with Crippen molar-refractivity contribution in [3.8, 4) is 5.75 Å². The van der Waals surface area contributed by atoms with E-state index in [9.17, 15) is 8.42 Å². The van der Waals surface area contributed by atoms with Gasteiger partial charge >= 0.3 is 10.1 Å². The molecule has 1 rings (SSSR count). The molecule has 0 amide bonds. The standard InChI is InChI=1S/C10H13NO4S/c1-3-14-11-8-9-5-4-6-10(7-9)15-16(2,12)13/h4-8H,3H2,1-2H3/b11-8+. The molecule has 6 heteroatoms. The van der Waals surface area contributed by atoms with Crippen LogP contribution in [0.5, 0.6) is 5.75 Å². The maximum absolute atomic E-state index is 10.9. The van der Waals surface area contributed by atoms with E-state index in [1.807, 2.05) is 6.92 Å². The van der Waals surface area contributed by atoms with Crippen LogP contribution in [0.3, 0.4) is 0 Å². The average molecular weight is 243 g/mol. The Bertz CT molecular complexity index is 467. The molecule has 1 aromatic rings. The first-order valence-electron chi connectivity index (χ1n) is 4.66.